The van der Waals surface area contributed by atoms with Gasteiger partial charge in [-0.15, -0.1) is 0 Å². The molecular weight excluding hydrogens is 288 g/mol. The predicted octanol–water partition coefficient (Wildman–Crippen LogP) is 2.09. The molecule has 22 heavy (non-hydrogen) atoms. The molecule has 118 valence electrons. The lowest BCUT2D eigenvalue weighted by molar-refractivity contribution is -0.385. The lowest BCUT2D eigenvalue weighted by Gasteiger charge is -2.20. The number of benzene rings is 1. The van der Waals surface area contributed by atoms with Crippen molar-refractivity contribution in [2.24, 2.45) is 5.41 Å². The number of aryl methyl sites for hydroxylation is 1. The van der Waals surface area contributed by atoms with Crippen molar-refractivity contribution < 1.29 is 19.6 Å². The van der Waals surface area contributed by atoms with Crippen LogP contribution in [0.4, 0.5) is 5.69 Å². The molecule has 0 aliphatic carbocycles. The van der Waals surface area contributed by atoms with Crippen molar-refractivity contribution in [3.63, 3.8) is 0 Å². The quantitative estimate of drug-likeness (QED) is 0.678. The molecule has 1 unspecified atom stereocenters. The first-order valence-electron chi connectivity index (χ1n) is 7.08. The molecule has 1 N–H and O–H groups in total. The molecule has 7 heteroatoms. The van der Waals surface area contributed by atoms with E-state index in [0.717, 1.165) is 0 Å². The molecule has 1 aliphatic heterocycles. The minimum absolute atomic E-state index is 0.0754. The maximum atomic E-state index is 12.4. The van der Waals surface area contributed by atoms with Gasteiger partial charge in [-0.2, -0.15) is 0 Å². The molecule has 0 spiro atoms. The number of carboxylic acid groups (broad SMARTS) is 1. The van der Waals surface area contributed by atoms with E-state index in [1.807, 2.05) is 6.92 Å². The van der Waals surface area contributed by atoms with Crippen LogP contribution in [0.2, 0.25) is 0 Å². The van der Waals surface area contributed by atoms with E-state index in [4.69, 9.17) is 0 Å². The number of carbonyl (C=O) groups is 2. The zero-order valence-corrected chi connectivity index (χ0v) is 12.5. The summed E-state index contributed by atoms with van der Waals surface area (Å²) in [6.45, 7) is 3.86. The fraction of sp³-hybridized carbons (Fsp3) is 0.467. The predicted molar refractivity (Wildman–Crippen MR) is 78.7 cm³/mol. The number of hydrogen-bond acceptors (Lipinski definition) is 4. The highest BCUT2D eigenvalue weighted by molar-refractivity contribution is 5.95. The van der Waals surface area contributed by atoms with Crippen LogP contribution in [0.3, 0.4) is 0 Å². The normalized spacial score (nSPS) is 20.9. The lowest BCUT2D eigenvalue weighted by atomic mass is 9.90. The Morgan fingerprint density at radius 2 is 2.14 bits per heavy atom. The van der Waals surface area contributed by atoms with Gasteiger partial charge in [0.2, 0.25) is 0 Å². The van der Waals surface area contributed by atoms with Crippen LogP contribution in [-0.2, 0) is 11.2 Å². The summed E-state index contributed by atoms with van der Waals surface area (Å²) >= 11 is 0. The Morgan fingerprint density at radius 3 is 2.64 bits per heavy atom. The SMILES string of the molecule is CCc1ccc(C(=O)N2CCC(C)(C(=O)O)C2)cc1[N+](=O)[O-]. The van der Waals surface area contributed by atoms with Crippen molar-refractivity contribution in [1.29, 1.82) is 0 Å². The van der Waals surface area contributed by atoms with Gasteiger partial charge in [-0.3, -0.25) is 19.7 Å². The molecule has 7 nitrogen and oxygen atoms in total. The van der Waals surface area contributed by atoms with Gasteiger partial charge >= 0.3 is 5.97 Å². The lowest BCUT2D eigenvalue weighted by Crippen LogP contribution is -2.34. The third kappa shape index (κ3) is 2.79. The third-order valence-electron chi connectivity index (χ3n) is 4.19. The van der Waals surface area contributed by atoms with Gasteiger partial charge in [0.1, 0.15) is 0 Å². The van der Waals surface area contributed by atoms with E-state index in [2.05, 4.69) is 0 Å². The molecule has 1 aromatic carbocycles. The van der Waals surface area contributed by atoms with E-state index in [9.17, 15) is 24.8 Å². The number of carbonyl (C=O) groups excluding carboxylic acids is 1. The van der Waals surface area contributed by atoms with Crippen LogP contribution < -0.4 is 0 Å². The van der Waals surface area contributed by atoms with Gasteiger partial charge in [0.15, 0.2) is 0 Å². The zero-order chi connectivity index (χ0) is 16.5. The molecule has 0 saturated carbocycles. The Balaban J connectivity index is 2.26. The molecule has 1 fully saturated rings. The fourth-order valence-electron chi connectivity index (χ4n) is 2.66. The number of amides is 1. The highest BCUT2D eigenvalue weighted by atomic mass is 16.6. The van der Waals surface area contributed by atoms with Crippen molar-refractivity contribution in [2.75, 3.05) is 13.1 Å². The van der Waals surface area contributed by atoms with Crippen molar-refractivity contribution in [1.82, 2.24) is 4.90 Å². The molecule has 0 bridgehead atoms. The van der Waals surface area contributed by atoms with Crippen LogP contribution in [-0.4, -0.2) is 39.9 Å². The zero-order valence-electron chi connectivity index (χ0n) is 12.5. The van der Waals surface area contributed by atoms with E-state index < -0.39 is 16.3 Å². The molecule has 2 rings (SSSR count). The highest BCUT2D eigenvalue weighted by Gasteiger charge is 2.42. The monoisotopic (exact) mass is 306 g/mol. The van der Waals surface area contributed by atoms with Crippen LogP contribution in [0.5, 0.6) is 0 Å². The molecule has 1 saturated heterocycles. The molecule has 1 amide bonds. The first-order chi connectivity index (χ1) is 10.3. The van der Waals surface area contributed by atoms with E-state index in [-0.39, 0.29) is 23.7 Å². The average Bonchev–Trinajstić information content (AvgIpc) is 2.89. The summed E-state index contributed by atoms with van der Waals surface area (Å²) in [7, 11) is 0. The molecule has 1 aromatic rings. The maximum Gasteiger partial charge on any atom is 0.311 e. The van der Waals surface area contributed by atoms with Gasteiger partial charge in [0.05, 0.1) is 10.3 Å². The van der Waals surface area contributed by atoms with E-state index in [1.54, 1.807) is 19.1 Å². The first kappa shape index (κ1) is 15.9. The Bertz CT molecular complexity index is 643. The number of hydrogen-bond donors (Lipinski definition) is 1. The van der Waals surface area contributed by atoms with Gasteiger partial charge in [-0.25, -0.2) is 0 Å². The van der Waals surface area contributed by atoms with Gasteiger partial charge in [-0.1, -0.05) is 13.0 Å². The second-order valence-corrected chi connectivity index (χ2v) is 5.80. The Labute approximate surface area is 127 Å². The summed E-state index contributed by atoms with van der Waals surface area (Å²) in [6, 6.07) is 4.42. The molecule has 1 heterocycles. The summed E-state index contributed by atoms with van der Waals surface area (Å²) in [5.41, 5.74) is -0.240. The number of nitro groups is 1. The second kappa shape index (κ2) is 5.75. The van der Waals surface area contributed by atoms with Gasteiger partial charge in [0, 0.05) is 30.3 Å². The van der Waals surface area contributed by atoms with Gasteiger partial charge < -0.3 is 10.0 Å². The second-order valence-electron chi connectivity index (χ2n) is 5.80. The van der Waals surface area contributed by atoms with E-state index in [1.165, 1.54) is 11.0 Å². The van der Waals surface area contributed by atoms with Gasteiger partial charge in [0.25, 0.3) is 11.6 Å². The number of nitrogens with zero attached hydrogens (tertiary/aromatic N) is 2. The Morgan fingerprint density at radius 1 is 1.45 bits per heavy atom. The number of likely N-dealkylation sites (tertiary alicyclic amines) is 1. The van der Waals surface area contributed by atoms with Crippen molar-refractivity contribution >= 4 is 17.6 Å². The van der Waals surface area contributed by atoms with E-state index in [0.29, 0.717) is 24.9 Å². The minimum atomic E-state index is -0.953. The smallest absolute Gasteiger partial charge is 0.311 e. The third-order valence-corrected chi connectivity index (χ3v) is 4.19. The minimum Gasteiger partial charge on any atom is -0.481 e. The summed E-state index contributed by atoms with van der Waals surface area (Å²) in [5, 5.41) is 20.3. The average molecular weight is 306 g/mol. The van der Waals surface area contributed by atoms with Crippen molar-refractivity contribution in [3.8, 4) is 0 Å². The summed E-state index contributed by atoms with van der Waals surface area (Å²) in [6.07, 6.45) is 0.884. The van der Waals surface area contributed by atoms with Crippen LogP contribution in [0, 0.1) is 15.5 Å². The number of carboxylic acids is 1. The molecular formula is C15H18N2O5. The largest absolute Gasteiger partial charge is 0.481 e. The number of nitro benzene ring substituents is 1. The molecule has 0 radical (unpaired) electrons. The molecule has 1 atom stereocenters. The summed E-state index contributed by atoms with van der Waals surface area (Å²) in [4.78, 5) is 35.7. The summed E-state index contributed by atoms with van der Waals surface area (Å²) in [5.74, 6) is -1.30. The van der Waals surface area contributed by atoms with E-state index >= 15 is 0 Å². The number of aliphatic carboxylic acids is 1. The fourth-order valence-corrected chi connectivity index (χ4v) is 2.66. The number of rotatable bonds is 4. The Hall–Kier alpha value is -2.44. The van der Waals surface area contributed by atoms with Gasteiger partial charge in [-0.05, 0) is 25.8 Å². The topological polar surface area (TPSA) is 101 Å². The standard InChI is InChI=1S/C15H18N2O5/c1-3-10-4-5-11(8-12(10)17(21)22)13(18)16-7-6-15(2,9-16)14(19)20/h4-5,8H,3,6-7,9H2,1-2H3,(H,19,20). The Kier molecular flexibility index (Phi) is 4.16. The van der Waals surface area contributed by atoms with Crippen LogP contribution in [0.1, 0.15) is 36.2 Å². The van der Waals surface area contributed by atoms with Crippen LogP contribution in [0.15, 0.2) is 18.2 Å². The molecule has 1 aliphatic rings. The van der Waals surface area contributed by atoms with Crippen molar-refractivity contribution in [3.05, 3.63) is 39.4 Å². The molecule has 0 aromatic heterocycles. The summed E-state index contributed by atoms with van der Waals surface area (Å²) < 4.78 is 0. The highest BCUT2D eigenvalue weighted by Crippen LogP contribution is 2.31. The van der Waals surface area contributed by atoms with Crippen LogP contribution in [0.25, 0.3) is 0 Å². The maximum absolute atomic E-state index is 12.4. The van der Waals surface area contributed by atoms with Crippen LogP contribution >= 0.6 is 0 Å². The first-order valence-corrected chi connectivity index (χ1v) is 7.08. The van der Waals surface area contributed by atoms with Crippen molar-refractivity contribution in [2.45, 2.75) is 26.7 Å².